The molecule has 32 heavy (non-hydrogen) atoms. The summed E-state index contributed by atoms with van der Waals surface area (Å²) in [7, 11) is 0. The van der Waals surface area contributed by atoms with Crippen molar-refractivity contribution in [1.82, 2.24) is 14.8 Å². The third kappa shape index (κ3) is 2.85. The van der Waals surface area contributed by atoms with Crippen LogP contribution in [0.3, 0.4) is 0 Å². The van der Waals surface area contributed by atoms with Gasteiger partial charge in [0.25, 0.3) is 11.8 Å². The molecule has 1 aromatic carbocycles. The molecule has 3 N–H and O–H groups in total. The summed E-state index contributed by atoms with van der Waals surface area (Å²) in [5, 5.41) is 23.9. The van der Waals surface area contributed by atoms with E-state index in [1.54, 1.807) is 4.90 Å². The minimum atomic E-state index is -1.18. The number of benzene rings is 1. The minimum Gasteiger partial charge on any atom is -0.503 e. The number of aliphatic hydroxyl groups excluding tert-OH is 1. The van der Waals surface area contributed by atoms with Gasteiger partial charge in [0.1, 0.15) is 17.2 Å². The van der Waals surface area contributed by atoms with Crippen molar-refractivity contribution in [3.8, 4) is 5.75 Å². The molecular weight excluding hydrogens is 424 g/mol. The summed E-state index contributed by atoms with van der Waals surface area (Å²) in [5.74, 6) is -3.88. The number of fused-ring (bicyclic) bond motifs is 1. The van der Waals surface area contributed by atoms with Gasteiger partial charge in [-0.05, 0) is 25.3 Å². The Kier molecular flexibility index (Phi) is 4.59. The molecule has 168 valence electrons. The van der Waals surface area contributed by atoms with Gasteiger partial charge in [0, 0.05) is 37.7 Å². The van der Waals surface area contributed by atoms with Gasteiger partial charge in [-0.3, -0.25) is 14.4 Å². The zero-order valence-electron chi connectivity index (χ0n) is 17.0. The predicted octanol–water partition coefficient (Wildman–Crippen LogP) is 1.53. The van der Waals surface area contributed by atoms with Crippen molar-refractivity contribution in [2.24, 2.45) is 0 Å². The number of nitrogens with zero attached hydrogens (tertiary/aromatic N) is 2. The maximum absolute atomic E-state index is 13.9. The molecule has 3 aliphatic heterocycles. The molecular formula is C22H21F2N3O5. The maximum Gasteiger partial charge on any atom is 0.274 e. The molecule has 10 heteroatoms. The molecule has 0 unspecified atom stereocenters. The highest BCUT2D eigenvalue weighted by Crippen LogP contribution is 2.49. The second-order valence-corrected chi connectivity index (χ2v) is 8.67. The van der Waals surface area contributed by atoms with Crippen LogP contribution in [0.5, 0.6) is 5.75 Å². The Balaban J connectivity index is 1.60. The SMILES string of the molecule is O=C(NCc1ccc(F)cc1F)c1c2n3c(c(O)c1=O)C(=O)N1CCCC[C@@]3(C[C@H]2O)C1. The molecule has 3 aliphatic rings. The number of hydrogen-bond donors (Lipinski definition) is 3. The van der Waals surface area contributed by atoms with Gasteiger partial charge in [0.2, 0.25) is 5.43 Å². The van der Waals surface area contributed by atoms with Crippen LogP contribution in [-0.4, -0.2) is 44.6 Å². The average Bonchev–Trinajstić information content (AvgIpc) is 2.90. The summed E-state index contributed by atoms with van der Waals surface area (Å²) >= 11 is 0. The molecule has 1 fully saturated rings. The number of carbonyl (C=O) groups is 2. The molecule has 2 aromatic rings. The lowest BCUT2D eigenvalue weighted by Crippen LogP contribution is -2.52. The highest BCUT2D eigenvalue weighted by molar-refractivity contribution is 6.00. The normalized spacial score (nSPS) is 23.7. The molecule has 2 atom stereocenters. The molecule has 2 bridgehead atoms. The summed E-state index contributed by atoms with van der Waals surface area (Å²) in [6, 6.07) is 2.89. The molecule has 0 radical (unpaired) electrons. The quantitative estimate of drug-likeness (QED) is 0.664. The van der Waals surface area contributed by atoms with Gasteiger partial charge in [-0.2, -0.15) is 0 Å². The van der Waals surface area contributed by atoms with Crippen LogP contribution in [0.15, 0.2) is 23.0 Å². The average molecular weight is 445 g/mol. The number of aliphatic hydroxyl groups is 1. The van der Waals surface area contributed by atoms with E-state index in [0.717, 1.165) is 18.9 Å². The van der Waals surface area contributed by atoms with Crippen molar-refractivity contribution in [3.05, 3.63) is 62.6 Å². The van der Waals surface area contributed by atoms with E-state index in [2.05, 4.69) is 5.32 Å². The summed E-state index contributed by atoms with van der Waals surface area (Å²) in [6.07, 6.45) is 1.19. The van der Waals surface area contributed by atoms with Crippen molar-refractivity contribution in [3.63, 3.8) is 0 Å². The van der Waals surface area contributed by atoms with Crippen molar-refractivity contribution in [1.29, 1.82) is 0 Å². The van der Waals surface area contributed by atoms with E-state index >= 15 is 0 Å². The lowest BCUT2D eigenvalue weighted by molar-refractivity contribution is 0.0549. The van der Waals surface area contributed by atoms with Crippen molar-refractivity contribution < 1.29 is 28.6 Å². The third-order valence-electron chi connectivity index (χ3n) is 6.73. The van der Waals surface area contributed by atoms with Crippen LogP contribution in [0.1, 0.15) is 63.9 Å². The Morgan fingerprint density at radius 1 is 1.25 bits per heavy atom. The van der Waals surface area contributed by atoms with E-state index in [0.29, 0.717) is 25.6 Å². The van der Waals surface area contributed by atoms with Crippen molar-refractivity contribution >= 4 is 11.8 Å². The number of pyridine rings is 1. The van der Waals surface area contributed by atoms with E-state index < -0.39 is 51.8 Å². The first-order valence-electron chi connectivity index (χ1n) is 10.5. The molecule has 5 rings (SSSR count). The first-order valence-corrected chi connectivity index (χ1v) is 10.5. The first kappa shape index (κ1) is 20.6. The van der Waals surface area contributed by atoms with Gasteiger partial charge in [-0.25, -0.2) is 8.78 Å². The molecule has 1 aromatic heterocycles. The Labute approximate surface area is 181 Å². The number of nitrogens with one attached hydrogen (secondary N) is 1. The van der Waals surface area contributed by atoms with Crippen LogP contribution in [0, 0.1) is 11.6 Å². The lowest BCUT2D eigenvalue weighted by atomic mass is 9.88. The highest BCUT2D eigenvalue weighted by Gasteiger charge is 2.53. The number of amides is 2. The van der Waals surface area contributed by atoms with Gasteiger partial charge in [0.05, 0.1) is 17.3 Å². The second-order valence-electron chi connectivity index (χ2n) is 8.67. The van der Waals surface area contributed by atoms with E-state index in [1.165, 1.54) is 10.6 Å². The number of hydrogen-bond acceptors (Lipinski definition) is 5. The number of aromatic nitrogens is 1. The van der Waals surface area contributed by atoms with Gasteiger partial charge < -0.3 is 25.0 Å². The lowest BCUT2D eigenvalue weighted by Gasteiger charge is -2.41. The number of aromatic hydroxyl groups is 1. The monoisotopic (exact) mass is 445 g/mol. The minimum absolute atomic E-state index is 0.00469. The predicted molar refractivity (Wildman–Crippen MR) is 107 cm³/mol. The fourth-order valence-electron chi connectivity index (χ4n) is 5.32. The molecule has 4 heterocycles. The van der Waals surface area contributed by atoms with Crippen LogP contribution < -0.4 is 10.7 Å². The smallest absolute Gasteiger partial charge is 0.274 e. The van der Waals surface area contributed by atoms with Crippen LogP contribution in [0.4, 0.5) is 8.78 Å². The maximum atomic E-state index is 13.9. The van der Waals surface area contributed by atoms with Crippen LogP contribution in [0.25, 0.3) is 0 Å². The first-order chi connectivity index (χ1) is 15.2. The Hall–Kier alpha value is -3.27. The van der Waals surface area contributed by atoms with Gasteiger partial charge in [-0.1, -0.05) is 6.07 Å². The van der Waals surface area contributed by atoms with E-state index in [9.17, 15) is 33.4 Å². The molecule has 0 saturated carbocycles. The summed E-state index contributed by atoms with van der Waals surface area (Å²) < 4.78 is 28.5. The Morgan fingerprint density at radius 3 is 2.78 bits per heavy atom. The van der Waals surface area contributed by atoms with Crippen LogP contribution >= 0.6 is 0 Å². The molecule has 0 aliphatic carbocycles. The number of carbonyl (C=O) groups excluding carboxylic acids is 2. The fraction of sp³-hybridized carbons (Fsp3) is 0.409. The van der Waals surface area contributed by atoms with Crippen LogP contribution in [0.2, 0.25) is 0 Å². The zero-order chi connectivity index (χ0) is 22.8. The summed E-state index contributed by atoms with van der Waals surface area (Å²) in [6.45, 7) is 0.485. The van der Waals surface area contributed by atoms with Crippen LogP contribution in [-0.2, 0) is 12.1 Å². The van der Waals surface area contributed by atoms with Gasteiger partial charge in [-0.15, -0.1) is 0 Å². The Bertz CT molecular complexity index is 1230. The second kappa shape index (κ2) is 7.13. The van der Waals surface area contributed by atoms with E-state index in [-0.39, 0.29) is 29.9 Å². The third-order valence-corrected chi connectivity index (χ3v) is 6.73. The zero-order valence-corrected chi connectivity index (χ0v) is 17.0. The molecule has 2 amide bonds. The largest absolute Gasteiger partial charge is 0.503 e. The molecule has 1 saturated heterocycles. The van der Waals surface area contributed by atoms with Gasteiger partial charge >= 0.3 is 0 Å². The van der Waals surface area contributed by atoms with E-state index in [4.69, 9.17) is 0 Å². The van der Waals surface area contributed by atoms with Crippen molar-refractivity contribution in [2.75, 3.05) is 13.1 Å². The summed E-state index contributed by atoms with van der Waals surface area (Å²) in [5.41, 5.74) is -2.44. The molecule has 8 nitrogen and oxygen atoms in total. The summed E-state index contributed by atoms with van der Waals surface area (Å²) in [4.78, 5) is 40.5. The Morgan fingerprint density at radius 2 is 2.03 bits per heavy atom. The number of halogens is 2. The van der Waals surface area contributed by atoms with Crippen molar-refractivity contribution in [2.45, 2.75) is 43.9 Å². The number of rotatable bonds is 3. The molecule has 1 spiro atoms. The van der Waals surface area contributed by atoms with E-state index in [1.807, 2.05) is 0 Å². The standard InChI is InChI=1S/C22H21F2N3O5/c23-12-4-3-11(13(24)7-12)9-25-20(31)15-16-14(28)8-22-5-1-2-6-26(10-22)21(32)17(27(16)22)19(30)18(15)29/h3-4,7,14,28,30H,1-2,5-6,8-10H2,(H,25,31)/t14-,22-/m1/s1. The fourth-order valence-corrected chi connectivity index (χ4v) is 5.32. The highest BCUT2D eigenvalue weighted by atomic mass is 19.1. The van der Waals surface area contributed by atoms with Gasteiger partial charge in [0.15, 0.2) is 11.4 Å². The topological polar surface area (TPSA) is 112 Å².